The topological polar surface area (TPSA) is 33.3 Å². The van der Waals surface area contributed by atoms with Crippen LogP contribution in [0.4, 0.5) is 17.1 Å². The first kappa shape index (κ1) is 23.4. The molecule has 0 radical (unpaired) electrons. The second-order valence-electron chi connectivity index (χ2n) is 9.57. The summed E-state index contributed by atoms with van der Waals surface area (Å²) in [6, 6.07) is 35.1. The van der Waals surface area contributed by atoms with Gasteiger partial charge in [-0.3, -0.25) is 0 Å². The molecule has 0 saturated carbocycles. The van der Waals surface area contributed by atoms with Crippen molar-refractivity contribution in [3.63, 3.8) is 0 Å². The zero-order valence-electron chi connectivity index (χ0n) is 21.4. The van der Waals surface area contributed by atoms with Crippen LogP contribution < -0.4 is 25.0 Å². The van der Waals surface area contributed by atoms with E-state index < -0.39 is 0 Å². The smallest absolute Gasteiger partial charge is 0.213 e. The van der Waals surface area contributed by atoms with Crippen molar-refractivity contribution >= 4 is 22.6 Å². The van der Waals surface area contributed by atoms with E-state index in [9.17, 15) is 5.26 Å². The van der Waals surface area contributed by atoms with Crippen LogP contribution in [-0.4, -0.2) is 34.7 Å². The van der Waals surface area contributed by atoms with Gasteiger partial charge in [0.1, 0.15) is 0 Å². The molecule has 0 atom stereocenters. The highest BCUT2D eigenvalue weighted by atomic mass is 15.1. The molecule has 5 rings (SSSR count). The molecule has 0 fully saturated rings. The summed E-state index contributed by atoms with van der Waals surface area (Å²) in [7, 11) is 8.26. The van der Waals surface area contributed by atoms with Crippen LogP contribution in [0.3, 0.4) is 0 Å². The number of nitrogens with zero attached hydrogens (tertiary/aromatic N) is 4. The molecule has 4 aromatic rings. The molecule has 178 valence electrons. The van der Waals surface area contributed by atoms with E-state index in [-0.39, 0.29) is 0 Å². The van der Waals surface area contributed by atoms with Crippen LogP contribution in [0.5, 0.6) is 0 Å². The van der Waals surface area contributed by atoms with E-state index in [0.29, 0.717) is 13.0 Å². The second-order valence-corrected chi connectivity index (χ2v) is 9.57. The predicted octanol–water partition coefficient (Wildman–Crippen LogP) is 4.78. The summed E-state index contributed by atoms with van der Waals surface area (Å²) in [5.74, 6) is 0. The number of nitriles is 1. The molecule has 0 aliphatic carbocycles. The average Bonchev–Trinajstić information content (AvgIpc) is 3.21. The molecule has 1 heterocycles. The molecule has 4 aromatic carbocycles. The summed E-state index contributed by atoms with van der Waals surface area (Å²) in [6.45, 7) is 0.689. The van der Waals surface area contributed by atoms with Crippen molar-refractivity contribution in [2.24, 2.45) is 0 Å². The lowest BCUT2D eigenvalue weighted by Gasteiger charge is -2.16. The van der Waals surface area contributed by atoms with Gasteiger partial charge in [0, 0.05) is 51.7 Å². The molecule has 1 aliphatic rings. The number of anilines is 2. The van der Waals surface area contributed by atoms with Crippen LogP contribution in [0.2, 0.25) is 0 Å². The molecule has 4 nitrogen and oxygen atoms in total. The summed E-state index contributed by atoms with van der Waals surface area (Å²) < 4.78 is 2.27. The zero-order chi connectivity index (χ0) is 25.2. The molecule has 0 spiro atoms. The van der Waals surface area contributed by atoms with E-state index in [1.807, 2.05) is 0 Å². The maximum absolute atomic E-state index is 9.21. The van der Waals surface area contributed by atoms with Crippen molar-refractivity contribution in [2.75, 3.05) is 44.5 Å². The van der Waals surface area contributed by atoms with Crippen LogP contribution in [0.1, 0.15) is 17.5 Å². The number of benzene rings is 4. The third kappa shape index (κ3) is 4.25. The highest BCUT2D eigenvalue weighted by Crippen LogP contribution is 2.31. The van der Waals surface area contributed by atoms with Gasteiger partial charge in [0.15, 0.2) is 6.54 Å². The summed E-state index contributed by atoms with van der Waals surface area (Å²) in [6.07, 6.45) is 0.489. The van der Waals surface area contributed by atoms with Gasteiger partial charge in [-0.25, -0.2) is 0 Å². The Morgan fingerprint density at radius 3 is 1.86 bits per heavy atom. The minimum Gasteiger partial charge on any atom is -0.378 e. The number of rotatable bonds is 6. The molecule has 0 amide bonds. The standard InChI is InChI=1S/C32H31N4/c1-34(2)26-15-10-23(11-16-26)32(24-12-17-27(18-13-24)35(3)4)25-14-19-31-29(22-25)28-8-5-6-9-30(28)36(31)21-7-20-33/h5-6,8-19,22H,7,21H2,1-4H3/q+1. The fraction of sp³-hybridized carbons (Fsp3) is 0.188. The largest absolute Gasteiger partial charge is 0.378 e. The molecule has 36 heavy (non-hydrogen) atoms. The first-order chi connectivity index (χ1) is 17.5. The van der Waals surface area contributed by atoms with Gasteiger partial charge in [0.2, 0.25) is 11.0 Å². The van der Waals surface area contributed by atoms with Crippen LogP contribution in [-0.2, 0) is 0 Å². The maximum atomic E-state index is 9.21. The first-order valence-electron chi connectivity index (χ1n) is 12.3. The number of hydrogen-bond acceptors (Lipinski definition) is 3. The third-order valence-electron chi connectivity index (χ3n) is 6.85. The molecular weight excluding hydrogens is 440 g/mol. The van der Waals surface area contributed by atoms with Gasteiger partial charge in [0.25, 0.3) is 0 Å². The SMILES string of the molecule is CN(C)c1ccc(C(c2ccc(N(C)C)cc2)=c2ccc3c(c2)-c2ccccc2[N+]=3CCC#N)cc1. The Morgan fingerprint density at radius 1 is 0.722 bits per heavy atom. The van der Waals surface area contributed by atoms with Gasteiger partial charge in [-0.1, -0.05) is 36.4 Å². The van der Waals surface area contributed by atoms with Crippen LogP contribution >= 0.6 is 0 Å². The highest BCUT2D eigenvalue weighted by molar-refractivity contribution is 5.84. The molecular formula is C32H31N4+. The van der Waals surface area contributed by atoms with E-state index in [2.05, 4.69) is 140 Å². The Morgan fingerprint density at radius 2 is 1.31 bits per heavy atom. The van der Waals surface area contributed by atoms with E-state index >= 15 is 0 Å². The molecule has 0 saturated heterocycles. The van der Waals surface area contributed by atoms with Gasteiger partial charge in [-0.05, 0) is 64.4 Å². The van der Waals surface area contributed by atoms with E-state index in [4.69, 9.17) is 0 Å². The predicted molar refractivity (Wildman–Crippen MR) is 150 cm³/mol. The monoisotopic (exact) mass is 471 g/mol. The maximum Gasteiger partial charge on any atom is 0.213 e. The van der Waals surface area contributed by atoms with Crippen LogP contribution in [0, 0.1) is 11.3 Å². The van der Waals surface area contributed by atoms with Gasteiger partial charge in [-0.15, -0.1) is 0 Å². The van der Waals surface area contributed by atoms with Crippen molar-refractivity contribution < 1.29 is 0 Å². The molecule has 0 unspecified atom stereocenters. The van der Waals surface area contributed by atoms with Crippen LogP contribution in [0.15, 0.2) is 91.0 Å². The Kier molecular flexibility index (Phi) is 6.31. The third-order valence-corrected chi connectivity index (χ3v) is 6.85. The Hall–Kier alpha value is -4.36. The number of para-hydroxylation sites is 1. The lowest BCUT2D eigenvalue weighted by molar-refractivity contribution is 0.749. The lowest BCUT2D eigenvalue weighted by atomic mass is 9.93. The molecule has 1 aliphatic heterocycles. The average molecular weight is 472 g/mol. The molecule has 4 heteroatoms. The van der Waals surface area contributed by atoms with E-state index in [1.54, 1.807) is 0 Å². The minimum atomic E-state index is 0.489. The summed E-state index contributed by atoms with van der Waals surface area (Å²) in [4.78, 5) is 4.25. The summed E-state index contributed by atoms with van der Waals surface area (Å²) in [5.41, 5.74) is 9.55. The molecule has 0 N–H and O–H groups in total. The van der Waals surface area contributed by atoms with E-state index in [0.717, 1.165) is 0 Å². The first-order valence-corrected chi connectivity index (χ1v) is 12.3. The van der Waals surface area contributed by atoms with Crippen molar-refractivity contribution in [3.05, 3.63) is 113 Å². The van der Waals surface area contributed by atoms with Gasteiger partial charge >= 0.3 is 0 Å². The number of hydrogen-bond donors (Lipinski definition) is 0. The summed E-state index contributed by atoms with van der Waals surface area (Å²) >= 11 is 0. The summed E-state index contributed by atoms with van der Waals surface area (Å²) in [5, 5.41) is 11.6. The Labute approximate surface area is 213 Å². The van der Waals surface area contributed by atoms with Gasteiger partial charge in [-0.2, -0.15) is 9.84 Å². The molecule has 0 bridgehead atoms. The fourth-order valence-corrected chi connectivity index (χ4v) is 4.96. The Balaban J connectivity index is 1.77. The highest BCUT2D eigenvalue weighted by Gasteiger charge is 2.26. The van der Waals surface area contributed by atoms with Crippen molar-refractivity contribution in [2.45, 2.75) is 6.42 Å². The lowest BCUT2D eigenvalue weighted by Crippen LogP contribution is -2.25. The second kappa shape index (κ2) is 9.71. The van der Waals surface area contributed by atoms with Crippen molar-refractivity contribution in [1.82, 2.24) is 4.58 Å². The van der Waals surface area contributed by atoms with E-state index in [1.165, 1.54) is 55.5 Å². The number of fused-ring (bicyclic) bond motifs is 3. The quantitative estimate of drug-likeness (QED) is 0.380. The molecule has 0 aromatic heterocycles. The van der Waals surface area contributed by atoms with Crippen molar-refractivity contribution in [3.8, 4) is 17.2 Å². The van der Waals surface area contributed by atoms with Gasteiger partial charge < -0.3 is 9.80 Å². The zero-order valence-corrected chi connectivity index (χ0v) is 21.4. The van der Waals surface area contributed by atoms with Gasteiger partial charge in [0.05, 0.1) is 23.6 Å². The van der Waals surface area contributed by atoms with Crippen LogP contribution in [0.25, 0.3) is 16.7 Å². The van der Waals surface area contributed by atoms with Crippen molar-refractivity contribution in [1.29, 1.82) is 5.26 Å². The minimum absolute atomic E-state index is 0.489. The fourth-order valence-electron chi connectivity index (χ4n) is 4.96. The Bertz CT molecular complexity index is 1520. The normalized spacial score (nSPS) is 11.5.